The zero-order valence-electron chi connectivity index (χ0n) is 16.0. The molecule has 0 aliphatic heterocycles. The Labute approximate surface area is 169 Å². The minimum Gasteiger partial charge on any atom is -0.481 e. The molecule has 0 unspecified atom stereocenters. The summed E-state index contributed by atoms with van der Waals surface area (Å²) in [4.78, 5) is 12.9. The van der Waals surface area contributed by atoms with E-state index >= 15 is 0 Å². The SMILES string of the molecule is CNc1nc2cnc(Nc3ccc(OC)nc3)cc2n1-c1cccc(C(F)(F)F)c1. The predicted octanol–water partition coefficient (Wildman–Crippen LogP) is 4.63. The molecule has 0 fully saturated rings. The Hall–Kier alpha value is -3.82. The predicted molar refractivity (Wildman–Crippen MR) is 107 cm³/mol. The number of halogens is 3. The number of hydrogen-bond donors (Lipinski definition) is 2. The summed E-state index contributed by atoms with van der Waals surface area (Å²) in [7, 11) is 3.18. The van der Waals surface area contributed by atoms with Crippen LogP contribution in [0, 0.1) is 0 Å². The van der Waals surface area contributed by atoms with Crippen LogP contribution in [0.2, 0.25) is 0 Å². The Morgan fingerprint density at radius 1 is 1.03 bits per heavy atom. The van der Waals surface area contributed by atoms with Gasteiger partial charge in [-0.05, 0) is 24.3 Å². The quantitative estimate of drug-likeness (QED) is 0.496. The van der Waals surface area contributed by atoms with Crippen molar-refractivity contribution in [2.45, 2.75) is 6.18 Å². The largest absolute Gasteiger partial charge is 0.481 e. The molecule has 0 aliphatic rings. The van der Waals surface area contributed by atoms with Crippen molar-refractivity contribution in [2.75, 3.05) is 24.8 Å². The summed E-state index contributed by atoms with van der Waals surface area (Å²) in [6, 6.07) is 10.3. The Balaban J connectivity index is 1.78. The molecular weight excluding hydrogens is 397 g/mol. The Morgan fingerprint density at radius 3 is 2.53 bits per heavy atom. The molecule has 1 aromatic carbocycles. The van der Waals surface area contributed by atoms with Gasteiger partial charge >= 0.3 is 6.18 Å². The van der Waals surface area contributed by atoms with Crippen LogP contribution < -0.4 is 15.4 Å². The molecule has 0 amide bonds. The summed E-state index contributed by atoms with van der Waals surface area (Å²) in [6.07, 6.45) is -1.30. The topological polar surface area (TPSA) is 76.9 Å². The highest BCUT2D eigenvalue weighted by Crippen LogP contribution is 2.33. The lowest BCUT2D eigenvalue weighted by Gasteiger charge is -2.12. The number of hydrogen-bond acceptors (Lipinski definition) is 6. The van der Waals surface area contributed by atoms with E-state index in [2.05, 4.69) is 25.6 Å². The van der Waals surface area contributed by atoms with E-state index in [1.54, 1.807) is 48.3 Å². The molecule has 0 bridgehead atoms. The van der Waals surface area contributed by atoms with E-state index in [-0.39, 0.29) is 0 Å². The highest BCUT2D eigenvalue weighted by atomic mass is 19.4. The molecule has 30 heavy (non-hydrogen) atoms. The number of nitrogens with one attached hydrogen (secondary N) is 2. The number of rotatable bonds is 5. The van der Waals surface area contributed by atoms with Gasteiger partial charge in [0.15, 0.2) is 0 Å². The van der Waals surface area contributed by atoms with Gasteiger partial charge in [-0.2, -0.15) is 13.2 Å². The lowest BCUT2D eigenvalue weighted by Crippen LogP contribution is -2.07. The first-order valence-electron chi connectivity index (χ1n) is 8.90. The van der Waals surface area contributed by atoms with Gasteiger partial charge in [0, 0.05) is 24.9 Å². The molecule has 154 valence electrons. The summed E-state index contributed by atoms with van der Waals surface area (Å²) in [5.74, 6) is 1.37. The smallest absolute Gasteiger partial charge is 0.416 e. The zero-order valence-corrected chi connectivity index (χ0v) is 16.0. The Morgan fingerprint density at radius 2 is 1.87 bits per heavy atom. The van der Waals surface area contributed by atoms with Crippen LogP contribution in [0.4, 0.5) is 30.6 Å². The minimum absolute atomic E-state index is 0.333. The molecule has 10 heteroatoms. The maximum absolute atomic E-state index is 13.2. The number of alkyl halides is 3. The van der Waals surface area contributed by atoms with E-state index in [4.69, 9.17) is 4.74 Å². The van der Waals surface area contributed by atoms with Crippen LogP contribution >= 0.6 is 0 Å². The van der Waals surface area contributed by atoms with E-state index < -0.39 is 11.7 Å². The van der Waals surface area contributed by atoms with Gasteiger partial charge in [-0.1, -0.05) is 6.07 Å². The molecule has 3 heterocycles. The first kappa shape index (κ1) is 19.5. The van der Waals surface area contributed by atoms with Crippen molar-refractivity contribution >= 4 is 28.5 Å². The molecule has 0 radical (unpaired) electrons. The van der Waals surface area contributed by atoms with Crippen LogP contribution in [-0.2, 0) is 6.18 Å². The van der Waals surface area contributed by atoms with Gasteiger partial charge in [0.25, 0.3) is 0 Å². The Kier molecular flexibility index (Phi) is 4.90. The molecule has 0 saturated heterocycles. The molecule has 4 rings (SSSR count). The van der Waals surface area contributed by atoms with Crippen molar-refractivity contribution in [3.63, 3.8) is 0 Å². The third kappa shape index (κ3) is 3.71. The van der Waals surface area contributed by atoms with Gasteiger partial charge in [-0.15, -0.1) is 0 Å². The van der Waals surface area contributed by atoms with Gasteiger partial charge in [0.1, 0.15) is 11.3 Å². The van der Waals surface area contributed by atoms with E-state index in [1.165, 1.54) is 13.2 Å². The first-order valence-corrected chi connectivity index (χ1v) is 8.90. The van der Waals surface area contributed by atoms with Crippen LogP contribution in [-0.4, -0.2) is 33.7 Å². The second kappa shape index (κ2) is 7.54. The molecule has 0 aliphatic carbocycles. The van der Waals surface area contributed by atoms with Gasteiger partial charge in [-0.25, -0.2) is 15.0 Å². The Bertz CT molecular complexity index is 1190. The molecule has 4 aromatic rings. The molecule has 0 atom stereocenters. The maximum Gasteiger partial charge on any atom is 0.416 e. The number of aromatic nitrogens is 4. The number of anilines is 3. The number of benzene rings is 1. The van der Waals surface area contributed by atoms with Crippen molar-refractivity contribution in [3.8, 4) is 11.6 Å². The second-order valence-electron chi connectivity index (χ2n) is 6.34. The lowest BCUT2D eigenvalue weighted by atomic mass is 10.2. The van der Waals surface area contributed by atoms with Crippen molar-refractivity contribution in [3.05, 3.63) is 60.4 Å². The molecular formula is C20H17F3N6O. The summed E-state index contributed by atoms with van der Waals surface area (Å²) in [6.45, 7) is 0. The third-order valence-electron chi connectivity index (χ3n) is 4.41. The standard InChI is InChI=1S/C20H17F3N6O/c1-24-19-28-15-11-25-17(27-13-6-7-18(30-2)26-10-13)9-16(15)29(19)14-5-3-4-12(8-14)20(21,22)23/h3-11H,1-2H3,(H,24,28)(H,25,27). The van der Waals surface area contributed by atoms with Gasteiger partial charge in [-0.3, -0.25) is 4.57 Å². The average molecular weight is 414 g/mol. The molecule has 3 aromatic heterocycles. The number of pyridine rings is 2. The van der Waals surface area contributed by atoms with E-state index in [1.807, 2.05) is 0 Å². The van der Waals surface area contributed by atoms with Gasteiger partial charge in [0.05, 0.1) is 36.3 Å². The first-order chi connectivity index (χ1) is 14.4. The molecule has 7 nitrogen and oxygen atoms in total. The summed E-state index contributed by atoms with van der Waals surface area (Å²) >= 11 is 0. The summed E-state index contributed by atoms with van der Waals surface area (Å²) in [5.41, 5.74) is 1.41. The van der Waals surface area contributed by atoms with E-state index in [0.29, 0.717) is 40.1 Å². The van der Waals surface area contributed by atoms with E-state index in [9.17, 15) is 13.2 Å². The fourth-order valence-corrected chi connectivity index (χ4v) is 3.02. The highest BCUT2D eigenvalue weighted by molar-refractivity contribution is 5.83. The summed E-state index contributed by atoms with van der Waals surface area (Å²) < 4.78 is 46.2. The van der Waals surface area contributed by atoms with E-state index in [0.717, 1.165) is 12.1 Å². The van der Waals surface area contributed by atoms with Crippen LogP contribution in [0.25, 0.3) is 16.7 Å². The number of fused-ring (bicyclic) bond motifs is 1. The van der Waals surface area contributed by atoms with Gasteiger partial charge in [0.2, 0.25) is 11.8 Å². The number of methoxy groups -OCH3 is 1. The van der Waals surface area contributed by atoms with Crippen molar-refractivity contribution in [1.29, 1.82) is 0 Å². The number of ether oxygens (including phenoxy) is 1. The van der Waals surface area contributed by atoms with Crippen LogP contribution in [0.1, 0.15) is 5.56 Å². The van der Waals surface area contributed by atoms with Gasteiger partial charge < -0.3 is 15.4 Å². The average Bonchev–Trinajstić information content (AvgIpc) is 3.11. The molecule has 0 spiro atoms. The second-order valence-corrected chi connectivity index (χ2v) is 6.34. The van der Waals surface area contributed by atoms with Crippen molar-refractivity contribution < 1.29 is 17.9 Å². The zero-order chi connectivity index (χ0) is 21.3. The monoisotopic (exact) mass is 414 g/mol. The maximum atomic E-state index is 13.2. The number of imidazole rings is 1. The molecule has 2 N–H and O–H groups in total. The fourth-order valence-electron chi connectivity index (χ4n) is 3.02. The van der Waals surface area contributed by atoms with Crippen molar-refractivity contribution in [1.82, 2.24) is 19.5 Å². The normalized spacial score (nSPS) is 11.5. The minimum atomic E-state index is -4.44. The molecule has 0 saturated carbocycles. The summed E-state index contributed by atoms with van der Waals surface area (Å²) in [5, 5.41) is 6.04. The third-order valence-corrected chi connectivity index (χ3v) is 4.41. The van der Waals surface area contributed by atoms with Crippen LogP contribution in [0.15, 0.2) is 54.9 Å². The van der Waals surface area contributed by atoms with Crippen LogP contribution in [0.3, 0.4) is 0 Å². The number of nitrogens with zero attached hydrogens (tertiary/aromatic N) is 4. The lowest BCUT2D eigenvalue weighted by molar-refractivity contribution is -0.137. The van der Waals surface area contributed by atoms with Crippen LogP contribution in [0.5, 0.6) is 5.88 Å². The van der Waals surface area contributed by atoms with Crippen molar-refractivity contribution in [2.24, 2.45) is 0 Å². The fraction of sp³-hybridized carbons (Fsp3) is 0.150. The highest BCUT2D eigenvalue weighted by Gasteiger charge is 2.30.